The molecule has 146 valence electrons. The molecule has 1 aliphatic rings. The second-order valence-corrected chi connectivity index (χ2v) is 9.63. The number of nitrogens with zero attached hydrogens (tertiary/aromatic N) is 2. The molecule has 5 nitrogen and oxygen atoms in total. The highest BCUT2D eigenvalue weighted by Crippen LogP contribution is 2.35. The Hall–Kier alpha value is -2.12. The fourth-order valence-electron chi connectivity index (χ4n) is 3.38. The van der Waals surface area contributed by atoms with E-state index in [0.29, 0.717) is 11.8 Å². The highest BCUT2D eigenvalue weighted by Gasteiger charge is 2.31. The molecule has 1 aliphatic heterocycles. The molecule has 4 rings (SSSR count). The summed E-state index contributed by atoms with van der Waals surface area (Å²) in [6.07, 6.45) is 4.31. The monoisotopic (exact) mass is 460 g/mol. The number of rotatable bonds is 4. The van der Waals surface area contributed by atoms with Gasteiger partial charge in [0.05, 0.1) is 4.90 Å². The first-order chi connectivity index (χ1) is 13.6. The number of anilines is 1. The third-order valence-corrected chi connectivity index (χ3v) is 7.07. The second-order valence-electron chi connectivity index (χ2n) is 6.85. The van der Waals surface area contributed by atoms with Gasteiger partial charge >= 0.3 is 0 Å². The molecule has 2 aromatic carbocycles. The van der Waals surface area contributed by atoms with Gasteiger partial charge < -0.3 is 9.32 Å². The van der Waals surface area contributed by atoms with Crippen molar-refractivity contribution in [3.8, 4) is 11.5 Å². The maximum absolute atomic E-state index is 13.4. The third-order valence-electron chi connectivity index (χ3n) is 4.87. The Labute approximate surface area is 173 Å². The van der Waals surface area contributed by atoms with Gasteiger partial charge in [-0.15, -0.1) is 0 Å². The molecule has 1 aromatic heterocycles. The highest BCUT2D eigenvalue weighted by molar-refractivity contribution is 9.10. The fourth-order valence-corrected chi connectivity index (χ4v) is 4.96. The van der Waals surface area contributed by atoms with Crippen LogP contribution in [0.2, 0.25) is 0 Å². The van der Waals surface area contributed by atoms with Crippen LogP contribution >= 0.6 is 15.9 Å². The second kappa shape index (κ2) is 8.09. The van der Waals surface area contributed by atoms with E-state index in [1.54, 1.807) is 24.3 Å². The van der Waals surface area contributed by atoms with Crippen LogP contribution in [0.4, 0.5) is 5.88 Å². The molecule has 0 amide bonds. The van der Waals surface area contributed by atoms with Crippen molar-refractivity contribution in [1.29, 1.82) is 0 Å². The van der Waals surface area contributed by atoms with E-state index >= 15 is 0 Å². The van der Waals surface area contributed by atoms with Gasteiger partial charge in [-0.2, -0.15) is 4.98 Å². The predicted molar refractivity (Wildman–Crippen MR) is 112 cm³/mol. The van der Waals surface area contributed by atoms with Crippen LogP contribution < -0.4 is 4.90 Å². The summed E-state index contributed by atoms with van der Waals surface area (Å²) in [5, 5.41) is -0.00410. The summed E-state index contributed by atoms with van der Waals surface area (Å²) in [5.41, 5.74) is 0.760. The van der Waals surface area contributed by atoms with Crippen molar-refractivity contribution in [2.24, 2.45) is 0 Å². The minimum Gasteiger partial charge on any atom is -0.419 e. The molecule has 0 saturated carbocycles. The summed E-state index contributed by atoms with van der Waals surface area (Å²) in [6, 6.07) is 16.0. The number of benzene rings is 2. The fraction of sp³-hybridized carbons (Fsp3) is 0.286. The van der Waals surface area contributed by atoms with Gasteiger partial charge in [0.2, 0.25) is 26.6 Å². The van der Waals surface area contributed by atoms with Crippen molar-refractivity contribution in [2.75, 3.05) is 18.0 Å². The van der Waals surface area contributed by atoms with Crippen molar-refractivity contribution in [3.63, 3.8) is 0 Å². The van der Waals surface area contributed by atoms with Crippen LogP contribution in [0.15, 0.2) is 73.4 Å². The van der Waals surface area contributed by atoms with E-state index in [9.17, 15) is 8.42 Å². The van der Waals surface area contributed by atoms with Crippen molar-refractivity contribution in [2.45, 2.75) is 35.6 Å². The normalized spacial score (nSPS) is 15.4. The smallest absolute Gasteiger partial charge is 0.236 e. The molecule has 1 saturated heterocycles. The van der Waals surface area contributed by atoms with Crippen LogP contribution in [-0.2, 0) is 9.84 Å². The lowest BCUT2D eigenvalue weighted by Crippen LogP contribution is -2.25. The minimum absolute atomic E-state index is 0.00410. The topological polar surface area (TPSA) is 63.4 Å². The SMILES string of the molecule is O=S(=O)(c1ccc(Br)cc1)c1nc(-c2ccccc2)oc1N1CCCCCC1. The van der Waals surface area contributed by atoms with Crippen LogP contribution in [-0.4, -0.2) is 26.5 Å². The molecular weight excluding hydrogens is 440 g/mol. The zero-order chi connectivity index (χ0) is 19.6. The van der Waals surface area contributed by atoms with E-state index < -0.39 is 9.84 Å². The summed E-state index contributed by atoms with van der Waals surface area (Å²) in [6.45, 7) is 1.54. The van der Waals surface area contributed by atoms with Gasteiger partial charge in [-0.3, -0.25) is 0 Å². The van der Waals surface area contributed by atoms with E-state index in [1.807, 2.05) is 35.2 Å². The van der Waals surface area contributed by atoms with Gasteiger partial charge in [0, 0.05) is 23.1 Å². The maximum atomic E-state index is 13.4. The summed E-state index contributed by atoms with van der Waals surface area (Å²) < 4.78 is 33.6. The lowest BCUT2D eigenvalue weighted by Gasteiger charge is -2.20. The van der Waals surface area contributed by atoms with Gasteiger partial charge in [-0.25, -0.2) is 8.42 Å². The number of oxazole rings is 1. The van der Waals surface area contributed by atoms with Crippen LogP contribution in [0.5, 0.6) is 0 Å². The number of halogens is 1. The zero-order valence-corrected chi connectivity index (χ0v) is 17.7. The molecule has 28 heavy (non-hydrogen) atoms. The Balaban J connectivity index is 1.84. The molecule has 0 N–H and O–H groups in total. The summed E-state index contributed by atoms with van der Waals surface area (Å²) in [7, 11) is -3.80. The van der Waals surface area contributed by atoms with Crippen LogP contribution in [0, 0.1) is 0 Å². The largest absolute Gasteiger partial charge is 0.419 e. The van der Waals surface area contributed by atoms with E-state index in [1.165, 1.54) is 0 Å². The van der Waals surface area contributed by atoms with Gasteiger partial charge in [-0.1, -0.05) is 47.0 Å². The quantitative estimate of drug-likeness (QED) is 0.527. The van der Waals surface area contributed by atoms with Crippen LogP contribution in [0.3, 0.4) is 0 Å². The Morgan fingerprint density at radius 2 is 1.54 bits per heavy atom. The van der Waals surface area contributed by atoms with Crippen molar-refractivity contribution in [3.05, 3.63) is 59.1 Å². The van der Waals surface area contributed by atoms with Gasteiger partial charge in [-0.05, 0) is 49.2 Å². The van der Waals surface area contributed by atoms with Crippen LogP contribution in [0.25, 0.3) is 11.5 Å². The molecule has 0 radical (unpaired) electrons. The van der Waals surface area contributed by atoms with Crippen molar-refractivity contribution >= 4 is 31.7 Å². The Kier molecular flexibility index (Phi) is 5.55. The molecule has 0 aliphatic carbocycles. The Morgan fingerprint density at radius 1 is 0.893 bits per heavy atom. The van der Waals surface area contributed by atoms with E-state index in [0.717, 1.165) is 48.8 Å². The zero-order valence-electron chi connectivity index (χ0n) is 15.3. The third kappa shape index (κ3) is 3.86. The van der Waals surface area contributed by atoms with Crippen molar-refractivity contribution in [1.82, 2.24) is 4.98 Å². The molecule has 1 fully saturated rings. The number of sulfone groups is 1. The lowest BCUT2D eigenvalue weighted by atomic mass is 10.2. The number of hydrogen-bond donors (Lipinski definition) is 0. The van der Waals surface area contributed by atoms with Crippen molar-refractivity contribution < 1.29 is 12.8 Å². The Bertz CT molecular complexity index is 1040. The van der Waals surface area contributed by atoms with Crippen LogP contribution in [0.1, 0.15) is 25.7 Å². The molecule has 2 heterocycles. The first kappa shape index (κ1) is 19.2. The average Bonchev–Trinajstić information content (AvgIpc) is 2.99. The first-order valence-corrected chi connectivity index (χ1v) is 11.7. The molecule has 0 unspecified atom stereocenters. The summed E-state index contributed by atoms with van der Waals surface area (Å²) in [5.74, 6) is 0.680. The van der Waals surface area contributed by atoms with Gasteiger partial charge in [0.1, 0.15) is 0 Å². The van der Waals surface area contributed by atoms with E-state index in [4.69, 9.17) is 4.42 Å². The summed E-state index contributed by atoms with van der Waals surface area (Å²) >= 11 is 3.35. The standard InChI is InChI=1S/C21H21BrN2O3S/c22-17-10-12-18(13-11-17)28(25,26)20-21(24-14-6-1-2-7-15-24)27-19(23-20)16-8-4-3-5-9-16/h3-5,8-13H,1-2,6-7,14-15H2. The number of hydrogen-bond acceptors (Lipinski definition) is 5. The molecule has 0 atom stereocenters. The molecule has 0 spiro atoms. The lowest BCUT2D eigenvalue weighted by molar-refractivity contribution is 0.543. The predicted octanol–water partition coefficient (Wildman–Crippen LogP) is 5.32. The van der Waals surface area contributed by atoms with Gasteiger partial charge in [0.25, 0.3) is 0 Å². The number of aromatic nitrogens is 1. The molecule has 7 heteroatoms. The van der Waals surface area contributed by atoms with E-state index in [2.05, 4.69) is 20.9 Å². The average molecular weight is 461 g/mol. The molecule has 0 bridgehead atoms. The maximum Gasteiger partial charge on any atom is 0.236 e. The Morgan fingerprint density at radius 3 is 2.18 bits per heavy atom. The van der Waals surface area contributed by atoms with E-state index in [-0.39, 0.29) is 9.92 Å². The van der Waals surface area contributed by atoms with Gasteiger partial charge in [0.15, 0.2) is 0 Å². The molecule has 3 aromatic rings. The molecular formula is C21H21BrN2O3S. The summed E-state index contributed by atoms with van der Waals surface area (Å²) in [4.78, 5) is 6.68. The highest BCUT2D eigenvalue weighted by atomic mass is 79.9. The minimum atomic E-state index is -3.80. The first-order valence-electron chi connectivity index (χ1n) is 9.37.